The number of carbonyl (C=O) groups excluding carboxylic acids is 4. The Balaban J connectivity index is 0.894. The van der Waals surface area contributed by atoms with E-state index in [0.717, 1.165) is 40.2 Å². The number of nitrogen functional groups attached to an aromatic ring is 1. The standard InChI is InChI=1S/C47H54F3N11O7S/c1-23(2)35(63)39-57-32(28-12-34(38(51)54-14-28)68-47(48,49)50)18-61(39)46-19-45(20-46,21-46)59-41(65)31-16-52-30(15-53-31)40(64)58-37(44(5,6)7)43(67)60-17-29(62)13-33(60)42(66)56-24(3)26-8-10-27(11-9-26)36-25(4)55-22-69-36/h8-12,14-16,18,22-24,29,33,35,37,62-63H,13,17,19-21H2,1-7H3,(H2,51,54)(H,56,66)(H,58,64)(H,59,65)/t24-,29+,33-,35?,37+,45?,46?/m0/s1. The number of alkyl halides is 3. The van der Waals surface area contributed by atoms with Gasteiger partial charge in [0.05, 0.1) is 51.9 Å². The molecule has 1 aliphatic heterocycles. The van der Waals surface area contributed by atoms with Crippen molar-refractivity contribution in [1.29, 1.82) is 0 Å². The van der Waals surface area contributed by atoms with Gasteiger partial charge in [-0.3, -0.25) is 19.2 Å². The number of aryl methyl sites for hydroxylation is 1. The number of ether oxygens (including phenoxy) is 1. The molecule has 3 aliphatic carbocycles. The number of imidazole rings is 1. The van der Waals surface area contributed by atoms with Gasteiger partial charge < -0.3 is 46.1 Å². The van der Waals surface area contributed by atoms with E-state index in [-0.39, 0.29) is 41.5 Å². The van der Waals surface area contributed by atoms with E-state index in [9.17, 15) is 42.6 Å². The van der Waals surface area contributed by atoms with E-state index in [4.69, 9.17) is 5.73 Å². The van der Waals surface area contributed by atoms with Crippen molar-refractivity contribution in [2.45, 2.75) is 122 Å². The molecule has 22 heteroatoms. The minimum atomic E-state index is -5.00. The monoisotopic (exact) mass is 973 g/mol. The third-order valence-electron chi connectivity index (χ3n) is 13.1. The molecule has 69 heavy (non-hydrogen) atoms. The summed E-state index contributed by atoms with van der Waals surface area (Å²) in [6.07, 6.45) is -0.414. The van der Waals surface area contributed by atoms with Crippen molar-refractivity contribution in [1.82, 2.24) is 50.3 Å². The van der Waals surface area contributed by atoms with Crippen molar-refractivity contribution in [3.63, 3.8) is 0 Å². The second-order valence-corrected chi connectivity index (χ2v) is 20.6. The first kappa shape index (κ1) is 48.9. The van der Waals surface area contributed by atoms with Gasteiger partial charge in [0, 0.05) is 36.5 Å². The quantitative estimate of drug-likeness (QED) is 0.0819. The molecule has 1 unspecified atom stereocenters. The molecule has 2 bridgehead atoms. The van der Waals surface area contributed by atoms with Gasteiger partial charge >= 0.3 is 6.36 Å². The molecule has 7 N–H and O–H groups in total. The van der Waals surface area contributed by atoms with Crippen molar-refractivity contribution < 1.29 is 47.3 Å². The molecule has 4 amide bonds. The summed E-state index contributed by atoms with van der Waals surface area (Å²) in [6, 6.07) is 6.30. The van der Waals surface area contributed by atoms with Crippen LogP contribution in [0, 0.1) is 18.3 Å². The maximum absolute atomic E-state index is 14.3. The molecule has 4 fully saturated rings. The molecule has 0 spiro atoms. The average Bonchev–Trinajstić information content (AvgIpc) is 4.01. The maximum atomic E-state index is 14.3. The molecule has 5 heterocycles. The van der Waals surface area contributed by atoms with Crippen molar-refractivity contribution in [2.75, 3.05) is 12.3 Å². The van der Waals surface area contributed by atoms with Gasteiger partial charge in [-0.1, -0.05) is 58.9 Å². The highest BCUT2D eigenvalue weighted by Gasteiger charge is 2.70. The van der Waals surface area contributed by atoms with Gasteiger partial charge in [0.25, 0.3) is 11.8 Å². The third-order valence-corrected chi connectivity index (χ3v) is 14.0. The number of thiazole rings is 1. The number of benzene rings is 1. The van der Waals surface area contributed by atoms with E-state index in [1.165, 1.54) is 11.1 Å². The van der Waals surface area contributed by atoms with E-state index in [1.54, 1.807) is 57.7 Å². The Hall–Kier alpha value is -6.52. The highest BCUT2D eigenvalue weighted by Crippen LogP contribution is 2.66. The number of pyridine rings is 1. The first-order chi connectivity index (χ1) is 32.4. The van der Waals surface area contributed by atoms with Crippen molar-refractivity contribution >= 4 is 40.8 Å². The summed E-state index contributed by atoms with van der Waals surface area (Å²) in [7, 11) is 0. The molecular formula is C47H54F3N11O7S. The Bertz CT molecular complexity index is 2750. The van der Waals surface area contributed by atoms with Crippen LogP contribution in [0.2, 0.25) is 0 Å². The van der Waals surface area contributed by atoms with Gasteiger partial charge in [-0.2, -0.15) is 0 Å². The Kier molecular flexibility index (Phi) is 12.8. The number of likely N-dealkylation sites (tertiary alicyclic amines) is 1. The zero-order chi connectivity index (χ0) is 50.0. The van der Waals surface area contributed by atoms with Crippen LogP contribution in [0.15, 0.2) is 60.6 Å². The molecule has 5 aromatic rings. The van der Waals surface area contributed by atoms with Gasteiger partial charge in [-0.15, -0.1) is 24.5 Å². The first-order valence-corrected chi connectivity index (χ1v) is 23.3. The molecule has 5 atom stereocenters. The second-order valence-electron chi connectivity index (χ2n) is 19.8. The Morgan fingerprint density at radius 3 is 2.16 bits per heavy atom. The topological polar surface area (TPSA) is 253 Å². The Morgan fingerprint density at radius 2 is 1.58 bits per heavy atom. The molecule has 1 saturated heterocycles. The summed E-state index contributed by atoms with van der Waals surface area (Å²) < 4.78 is 45.0. The number of amides is 4. The molecular weight excluding hydrogens is 920 g/mol. The van der Waals surface area contributed by atoms with Crippen molar-refractivity contribution in [2.24, 2.45) is 11.3 Å². The first-order valence-electron chi connectivity index (χ1n) is 22.4. The number of nitrogens with zero attached hydrogens (tertiary/aromatic N) is 7. The smallest absolute Gasteiger partial charge is 0.402 e. The Labute approximate surface area is 399 Å². The maximum Gasteiger partial charge on any atom is 0.573 e. The minimum Gasteiger partial charge on any atom is -0.402 e. The fraction of sp³-hybridized carbons (Fsp3) is 0.468. The van der Waals surface area contributed by atoms with Gasteiger partial charge in [-0.05, 0) is 61.6 Å². The van der Waals surface area contributed by atoms with Crippen molar-refractivity contribution in [3.05, 3.63) is 89.1 Å². The van der Waals surface area contributed by atoms with Crippen LogP contribution in [0.3, 0.4) is 0 Å². The number of aromatic nitrogens is 6. The molecule has 3 saturated carbocycles. The molecule has 366 valence electrons. The lowest BCUT2D eigenvalue weighted by atomic mass is 9.44. The van der Waals surface area contributed by atoms with Gasteiger partial charge in [0.15, 0.2) is 11.6 Å². The lowest BCUT2D eigenvalue weighted by molar-refractivity contribution is -0.274. The normalized spacial score (nSPS) is 22.2. The number of nitrogens with one attached hydrogen (secondary N) is 3. The third kappa shape index (κ3) is 9.87. The summed E-state index contributed by atoms with van der Waals surface area (Å²) in [5.74, 6) is -3.38. The van der Waals surface area contributed by atoms with Crippen LogP contribution in [0.25, 0.3) is 21.7 Å². The zero-order valence-electron chi connectivity index (χ0n) is 39.0. The van der Waals surface area contributed by atoms with Gasteiger partial charge in [0.2, 0.25) is 11.8 Å². The lowest BCUT2D eigenvalue weighted by Crippen LogP contribution is -2.78. The van der Waals surface area contributed by atoms with E-state index >= 15 is 0 Å². The molecule has 18 nitrogen and oxygen atoms in total. The van der Waals surface area contributed by atoms with E-state index < -0.39 is 88.4 Å². The number of anilines is 1. The van der Waals surface area contributed by atoms with Crippen LogP contribution >= 0.6 is 11.3 Å². The number of β-amino-alcohol motifs (C(OH)–C–C–N with tert-alkyl or cyclic N) is 1. The number of hydrogen-bond donors (Lipinski definition) is 6. The predicted molar refractivity (Wildman–Crippen MR) is 246 cm³/mol. The SMILES string of the molecule is Cc1ncsc1-c1ccc([C@H](C)NC(=O)[C@@H]2C[C@@H](O)CN2C(=O)[C@@H](NC(=O)c2cnc(C(=O)NC34CC(n5cc(-c6cnc(N)c(OC(F)(F)F)c6)nc5C(O)C(C)C)(C3)C4)cn2)C(C)(C)C)cc1. The number of nitrogens with two attached hydrogens (primary N) is 1. The van der Waals surface area contributed by atoms with E-state index in [2.05, 4.69) is 45.6 Å². The van der Waals surface area contributed by atoms with Crippen LogP contribution in [-0.4, -0.2) is 105 Å². The van der Waals surface area contributed by atoms with Crippen LogP contribution in [-0.2, 0) is 15.1 Å². The highest BCUT2D eigenvalue weighted by atomic mass is 32.1. The number of rotatable bonds is 14. The highest BCUT2D eigenvalue weighted by molar-refractivity contribution is 7.13. The van der Waals surface area contributed by atoms with Crippen LogP contribution < -0.4 is 26.4 Å². The summed E-state index contributed by atoms with van der Waals surface area (Å²) in [5.41, 5.74) is 8.40. The lowest BCUT2D eigenvalue weighted by Gasteiger charge is -2.71. The predicted octanol–water partition coefficient (Wildman–Crippen LogP) is 5.38. The van der Waals surface area contributed by atoms with Gasteiger partial charge in [0.1, 0.15) is 35.4 Å². The van der Waals surface area contributed by atoms with Crippen LogP contribution in [0.4, 0.5) is 19.0 Å². The number of halogens is 3. The Morgan fingerprint density at radius 1 is 0.928 bits per heavy atom. The molecule has 1 aromatic carbocycles. The number of aliphatic hydroxyl groups is 2. The minimum absolute atomic E-state index is 0.0130. The molecule has 0 radical (unpaired) electrons. The number of aliphatic hydroxyl groups excluding tert-OH is 2. The summed E-state index contributed by atoms with van der Waals surface area (Å²) >= 11 is 1.54. The van der Waals surface area contributed by atoms with Crippen molar-refractivity contribution in [3.8, 4) is 27.4 Å². The summed E-state index contributed by atoms with van der Waals surface area (Å²) in [5, 5.41) is 30.6. The summed E-state index contributed by atoms with van der Waals surface area (Å²) in [6.45, 7) is 12.5. The number of hydrogen-bond acceptors (Lipinski definition) is 14. The fourth-order valence-corrected chi connectivity index (χ4v) is 10.2. The average molecular weight is 974 g/mol. The summed E-state index contributed by atoms with van der Waals surface area (Å²) in [4.78, 5) is 78.7. The fourth-order valence-electron chi connectivity index (χ4n) is 9.43. The van der Waals surface area contributed by atoms with E-state index in [0.29, 0.717) is 25.1 Å². The van der Waals surface area contributed by atoms with Crippen LogP contribution in [0.1, 0.15) is 117 Å². The van der Waals surface area contributed by atoms with E-state index in [1.807, 2.05) is 42.7 Å². The number of carbonyl (C=O) groups is 4. The zero-order valence-corrected chi connectivity index (χ0v) is 39.8. The molecule has 9 rings (SSSR count). The van der Waals surface area contributed by atoms with Crippen LogP contribution in [0.5, 0.6) is 5.75 Å². The largest absolute Gasteiger partial charge is 0.573 e. The molecule has 4 aromatic heterocycles. The molecule has 4 aliphatic rings. The second kappa shape index (κ2) is 18.1. The van der Waals surface area contributed by atoms with Gasteiger partial charge in [-0.25, -0.2) is 24.9 Å².